The van der Waals surface area contributed by atoms with Gasteiger partial charge in [0.1, 0.15) is 0 Å². The molecule has 0 saturated carbocycles. The maximum atomic E-state index is 10.7. The Kier molecular flexibility index (Phi) is 3.41. The second kappa shape index (κ2) is 4.36. The molecule has 1 heterocycles. The zero-order valence-electron chi connectivity index (χ0n) is 7.10. The number of hydrogen-bond donors (Lipinski definition) is 2. The molecule has 2 nitrogen and oxygen atoms in total. The summed E-state index contributed by atoms with van der Waals surface area (Å²) in [4.78, 5) is 10.7. The number of allylic oxidation sites excluding steroid dienone is 2. The van der Waals surface area contributed by atoms with Crippen LogP contribution in [0.2, 0.25) is 0 Å². The van der Waals surface area contributed by atoms with Gasteiger partial charge in [0, 0.05) is 0 Å². The Hall–Kier alpha value is -0.700. The van der Waals surface area contributed by atoms with Crippen molar-refractivity contribution in [2.24, 2.45) is 5.92 Å². The standard InChI is InChI=1S/C9H14O2S/c1-2-8(9(10)11)7-12-5-3-4-6-12/h3-6,8,12H,2,7H2,1H3,(H,10,11). The van der Waals surface area contributed by atoms with E-state index in [1.807, 2.05) is 19.1 Å². The summed E-state index contributed by atoms with van der Waals surface area (Å²) in [6.07, 6.45) is 4.73. The Morgan fingerprint density at radius 3 is 2.50 bits per heavy atom. The minimum Gasteiger partial charge on any atom is -0.481 e. The molecule has 68 valence electrons. The fourth-order valence-electron chi connectivity index (χ4n) is 1.13. The Labute approximate surface area is 75.3 Å². The van der Waals surface area contributed by atoms with Crippen molar-refractivity contribution in [2.45, 2.75) is 13.3 Å². The molecule has 0 spiro atoms. The largest absolute Gasteiger partial charge is 0.481 e. The lowest BCUT2D eigenvalue weighted by atomic mass is 10.1. The van der Waals surface area contributed by atoms with E-state index in [0.717, 1.165) is 12.2 Å². The predicted molar refractivity (Wildman–Crippen MR) is 53.5 cm³/mol. The highest BCUT2D eigenvalue weighted by Crippen LogP contribution is 2.35. The summed E-state index contributed by atoms with van der Waals surface area (Å²) >= 11 is 0. The van der Waals surface area contributed by atoms with Gasteiger partial charge < -0.3 is 5.11 Å². The van der Waals surface area contributed by atoms with Crippen molar-refractivity contribution in [1.82, 2.24) is 0 Å². The van der Waals surface area contributed by atoms with Crippen LogP contribution in [0.25, 0.3) is 0 Å². The van der Waals surface area contributed by atoms with Crippen molar-refractivity contribution >= 4 is 16.9 Å². The van der Waals surface area contributed by atoms with Gasteiger partial charge in [0.05, 0.1) is 5.92 Å². The molecule has 0 radical (unpaired) electrons. The first-order valence-electron chi connectivity index (χ1n) is 4.07. The number of carboxylic acids is 1. The van der Waals surface area contributed by atoms with Crippen LogP contribution >= 0.6 is 10.9 Å². The lowest BCUT2D eigenvalue weighted by molar-refractivity contribution is -0.140. The molecule has 0 aromatic rings. The number of thiol groups is 1. The van der Waals surface area contributed by atoms with Crippen LogP contribution in [-0.2, 0) is 4.79 Å². The van der Waals surface area contributed by atoms with Crippen molar-refractivity contribution in [1.29, 1.82) is 0 Å². The van der Waals surface area contributed by atoms with Crippen LogP contribution in [0.5, 0.6) is 0 Å². The highest BCUT2D eigenvalue weighted by Gasteiger charge is 2.16. The minimum absolute atomic E-state index is 0.163. The van der Waals surface area contributed by atoms with E-state index in [1.165, 1.54) is 0 Å². The van der Waals surface area contributed by atoms with Gasteiger partial charge in [-0.05, 0) is 23.0 Å². The molecular formula is C9H14O2S. The van der Waals surface area contributed by atoms with Crippen LogP contribution in [-0.4, -0.2) is 16.8 Å². The number of rotatable bonds is 4. The molecular weight excluding hydrogens is 172 g/mol. The van der Waals surface area contributed by atoms with Gasteiger partial charge in [-0.25, -0.2) is 10.9 Å². The average Bonchev–Trinajstić information content (AvgIpc) is 2.51. The Morgan fingerprint density at radius 1 is 1.50 bits per heavy atom. The number of carboxylic acid groups (broad SMARTS) is 1. The highest BCUT2D eigenvalue weighted by atomic mass is 32.2. The van der Waals surface area contributed by atoms with Gasteiger partial charge in [0.15, 0.2) is 0 Å². The Balaban J connectivity index is 2.42. The van der Waals surface area contributed by atoms with E-state index in [-0.39, 0.29) is 16.8 Å². The molecule has 0 amide bonds. The first-order chi connectivity index (χ1) is 5.74. The van der Waals surface area contributed by atoms with Crippen molar-refractivity contribution in [3.05, 3.63) is 23.0 Å². The van der Waals surface area contributed by atoms with E-state index in [4.69, 9.17) is 5.11 Å². The third-order valence-electron chi connectivity index (χ3n) is 1.94. The van der Waals surface area contributed by atoms with E-state index >= 15 is 0 Å². The summed E-state index contributed by atoms with van der Waals surface area (Å²) in [7, 11) is -0.265. The molecule has 0 aliphatic carbocycles. The summed E-state index contributed by atoms with van der Waals surface area (Å²) in [6, 6.07) is 0. The molecule has 1 rings (SSSR count). The zero-order valence-corrected chi connectivity index (χ0v) is 8.00. The van der Waals surface area contributed by atoms with Crippen LogP contribution < -0.4 is 0 Å². The van der Waals surface area contributed by atoms with Crippen LogP contribution in [0.15, 0.2) is 23.0 Å². The van der Waals surface area contributed by atoms with E-state index in [0.29, 0.717) is 0 Å². The van der Waals surface area contributed by atoms with Gasteiger partial charge in [-0.3, -0.25) is 4.79 Å². The fourth-order valence-corrected chi connectivity index (χ4v) is 3.04. The third kappa shape index (κ3) is 2.41. The Bertz CT molecular complexity index is 209. The summed E-state index contributed by atoms with van der Waals surface area (Å²) in [5, 5.41) is 13.0. The molecule has 0 aromatic carbocycles. The molecule has 1 unspecified atom stereocenters. The quantitative estimate of drug-likeness (QED) is 0.660. The smallest absolute Gasteiger partial charge is 0.307 e. The van der Waals surface area contributed by atoms with Gasteiger partial charge in [0.25, 0.3) is 0 Å². The summed E-state index contributed by atoms with van der Waals surface area (Å²) < 4.78 is 0. The number of aliphatic carboxylic acids is 1. The van der Waals surface area contributed by atoms with Crippen LogP contribution in [0.4, 0.5) is 0 Å². The molecule has 3 heteroatoms. The molecule has 12 heavy (non-hydrogen) atoms. The van der Waals surface area contributed by atoms with E-state index in [2.05, 4.69) is 10.8 Å². The van der Waals surface area contributed by atoms with Crippen molar-refractivity contribution < 1.29 is 9.90 Å². The number of hydrogen-bond acceptors (Lipinski definition) is 1. The Morgan fingerprint density at radius 2 is 2.08 bits per heavy atom. The molecule has 1 aliphatic rings. The summed E-state index contributed by atoms with van der Waals surface area (Å²) in [5.41, 5.74) is 0. The van der Waals surface area contributed by atoms with Crippen molar-refractivity contribution in [3.8, 4) is 0 Å². The maximum Gasteiger partial charge on any atom is 0.307 e. The molecule has 0 fully saturated rings. The van der Waals surface area contributed by atoms with Crippen molar-refractivity contribution in [2.75, 3.05) is 5.75 Å². The molecule has 1 N–H and O–H groups in total. The second-order valence-corrected chi connectivity index (χ2v) is 4.81. The van der Waals surface area contributed by atoms with Crippen molar-refractivity contribution in [3.63, 3.8) is 0 Å². The van der Waals surface area contributed by atoms with Crippen LogP contribution in [0, 0.1) is 5.92 Å². The second-order valence-electron chi connectivity index (χ2n) is 2.82. The molecule has 0 saturated heterocycles. The topological polar surface area (TPSA) is 37.3 Å². The first-order valence-corrected chi connectivity index (χ1v) is 5.74. The third-order valence-corrected chi connectivity index (χ3v) is 3.91. The van der Waals surface area contributed by atoms with Gasteiger partial charge in [0.2, 0.25) is 0 Å². The lowest BCUT2D eigenvalue weighted by Crippen LogP contribution is -2.15. The number of carbonyl (C=O) groups is 1. The fraction of sp³-hybridized carbons (Fsp3) is 0.444. The molecule has 1 atom stereocenters. The minimum atomic E-state index is -0.659. The van der Waals surface area contributed by atoms with Gasteiger partial charge >= 0.3 is 5.97 Å². The molecule has 0 bridgehead atoms. The van der Waals surface area contributed by atoms with Crippen LogP contribution in [0.1, 0.15) is 13.3 Å². The van der Waals surface area contributed by atoms with Gasteiger partial charge in [-0.1, -0.05) is 19.1 Å². The van der Waals surface area contributed by atoms with Gasteiger partial charge in [-0.15, -0.1) is 0 Å². The molecule has 1 aliphatic heterocycles. The SMILES string of the molecule is CCC(C[SH]1C=CC=C1)C(=O)O. The van der Waals surface area contributed by atoms with E-state index < -0.39 is 5.97 Å². The normalized spacial score (nSPS) is 19.9. The monoisotopic (exact) mass is 186 g/mol. The van der Waals surface area contributed by atoms with E-state index in [9.17, 15) is 4.79 Å². The predicted octanol–water partition coefficient (Wildman–Crippen LogP) is 2.14. The molecule has 0 aromatic heterocycles. The summed E-state index contributed by atoms with van der Waals surface area (Å²) in [5.74, 6) is -0.0223. The highest BCUT2D eigenvalue weighted by molar-refractivity contribution is 8.22. The lowest BCUT2D eigenvalue weighted by Gasteiger charge is -2.15. The maximum absolute atomic E-state index is 10.7. The average molecular weight is 186 g/mol. The van der Waals surface area contributed by atoms with Crippen LogP contribution in [0.3, 0.4) is 0 Å². The van der Waals surface area contributed by atoms with E-state index in [1.54, 1.807) is 0 Å². The summed E-state index contributed by atoms with van der Waals surface area (Å²) in [6.45, 7) is 1.93. The van der Waals surface area contributed by atoms with Gasteiger partial charge in [-0.2, -0.15) is 0 Å². The first kappa shape index (κ1) is 9.39. The zero-order chi connectivity index (χ0) is 8.97.